The molecule has 1 heterocycles. The van der Waals surface area contributed by atoms with Crippen molar-refractivity contribution >= 4 is 24.2 Å². The second kappa shape index (κ2) is 9.43. The number of alkyl halides is 3. The van der Waals surface area contributed by atoms with E-state index in [0.29, 0.717) is 6.54 Å². The number of carbonyl (C=O) groups is 2. The molecule has 1 aromatic carbocycles. The molecule has 0 saturated carbocycles. The lowest BCUT2D eigenvalue weighted by molar-refractivity contribution is -0.137. The quantitative estimate of drug-likeness (QED) is 0.686. The molecule has 0 saturated heterocycles. The van der Waals surface area contributed by atoms with Crippen molar-refractivity contribution in [3.05, 3.63) is 47.0 Å². The Bertz CT molecular complexity index is 648. The molecule has 9 heteroatoms. The fraction of sp³-hybridized carbons (Fsp3) is 0.375. The van der Waals surface area contributed by atoms with E-state index in [1.807, 2.05) is 6.08 Å². The van der Waals surface area contributed by atoms with Crippen LogP contribution in [0.4, 0.5) is 13.2 Å². The molecule has 0 spiro atoms. The van der Waals surface area contributed by atoms with Crippen LogP contribution in [0.3, 0.4) is 0 Å². The van der Waals surface area contributed by atoms with Crippen molar-refractivity contribution in [3.63, 3.8) is 0 Å². The second-order valence-corrected chi connectivity index (χ2v) is 5.32. The van der Waals surface area contributed by atoms with Gasteiger partial charge in [0.2, 0.25) is 5.91 Å². The molecular formula is C16H19ClF3N3O2. The number of amides is 2. The van der Waals surface area contributed by atoms with Crippen molar-refractivity contribution in [1.29, 1.82) is 0 Å². The average Bonchev–Trinajstić information content (AvgIpc) is 2.58. The Labute approximate surface area is 149 Å². The SMILES string of the molecule is Cl.O=C(CNC(=O)c1ccccc1C(F)(F)F)NCC1=CCNCC1. The van der Waals surface area contributed by atoms with E-state index in [1.165, 1.54) is 12.1 Å². The van der Waals surface area contributed by atoms with Crippen molar-refractivity contribution in [2.75, 3.05) is 26.2 Å². The van der Waals surface area contributed by atoms with Gasteiger partial charge in [-0.3, -0.25) is 9.59 Å². The zero-order chi connectivity index (χ0) is 17.6. The first kappa shape index (κ1) is 21.0. The molecule has 2 rings (SSSR count). The number of halogens is 4. The van der Waals surface area contributed by atoms with E-state index in [-0.39, 0.29) is 19.0 Å². The van der Waals surface area contributed by atoms with Gasteiger partial charge < -0.3 is 16.0 Å². The zero-order valence-electron chi connectivity index (χ0n) is 13.3. The summed E-state index contributed by atoms with van der Waals surface area (Å²) in [5.74, 6) is -1.38. The van der Waals surface area contributed by atoms with Crippen LogP contribution in [-0.2, 0) is 11.0 Å². The maximum absolute atomic E-state index is 12.9. The Balaban J connectivity index is 0.00000312. The fourth-order valence-corrected chi connectivity index (χ4v) is 2.29. The molecule has 25 heavy (non-hydrogen) atoms. The summed E-state index contributed by atoms with van der Waals surface area (Å²) in [6.45, 7) is 1.58. The number of benzene rings is 1. The van der Waals surface area contributed by atoms with Crippen LogP contribution in [-0.4, -0.2) is 38.0 Å². The predicted octanol–water partition coefficient (Wildman–Crippen LogP) is 1.89. The molecule has 0 bridgehead atoms. The molecule has 2 amide bonds. The Morgan fingerprint density at radius 2 is 1.88 bits per heavy atom. The standard InChI is InChI=1S/C16H18F3N3O2.ClH/c17-16(18,19)13-4-2-1-3-12(13)15(24)22-10-14(23)21-9-11-5-7-20-8-6-11;/h1-5,20H,6-10H2,(H,21,23)(H,22,24);1H. The maximum Gasteiger partial charge on any atom is 0.417 e. The van der Waals surface area contributed by atoms with Gasteiger partial charge >= 0.3 is 6.18 Å². The van der Waals surface area contributed by atoms with Crippen LogP contribution in [0.15, 0.2) is 35.9 Å². The average molecular weight is 378 g/mol. The van der Waals surface area contributed by atoms with Gasteiger partial charge in [0.15, 0.2) is 0 Å². The summed E-state index contributed by atoms with van der Waals surface area (Å²) < 4.78 is 38.6. The topological polar surface area (TPSA) is 70.2 Å². The van der Waals surface area contributed by atoms with E-state index in [2.05, 4.69) is 16.0 Å². The van der Waals surface area contributed by atoms with Gasteiger partial charge in [-0.1, -0.05) is 23.8 Å². The molecule has 0 aliphatic carbocycles. The lowest BCUT2D eigenvalue weighted by Crippen LogP contribution is -2.38. The molecule has 0 fully saturated rings. The van der Waals surface area contributed by atoms with E-state index >= 15 is 0 Å². The normalized spacial score (nSPS) is 14.1. The Morgan fingerprint density at radius 1 is 1.16 bits per heavy atom. The first-order valence-corrected chi connectivity index (χ1v) is 7.47. The van der Waals surface area contributed by atoms with Gasteiger partial charge in [-0.2, -0.15) is 13.2 Å². The minimum Gasteiger partial charge on any atom is -0.351 e. The lowest BCUT2D eigenvalue weighted by atomic mass is 10.1. The summed E-state index contributed by atoms with van der Waals surface area (Å²) >= 11 is 0. The zero-order valence-corrected chi connectivity index (χ0v) is 14.1. The molecule has 1 aliphatic rings. The third kappa shape index (κ3) is 6.39. The monoisotopic (exact) mass is 377 g/mol. The minimum absolute atomic E-state index is 0. The Morgan fingerprint density at radius 3 is 2.52 bits per heavy atom. The van der Waals surface area contributed by atoms with Crippen molar-refractivity contribution in [2.45, 2.75) is 12.6 Å². The van der Waals surface area contributed by atoms with Crippen molar-refractivity contribution in [1.82, 2.24) is 16.0 Å². The van der Waals surface area contributed by atoms with Gasteiger partial charge in [-0.15, -0.1) is 12.4 Å². The van der Waals surface area contributed by atoms with Crippen molar-refractivity contribution < 1.29 is 22.8 Å². The van der Waals surface area contributed by atoms with E-state index in [1.54, 1.807) is 0 Å². The number of hydrogen-bond donors (Lipinski definition) is 3. The first-order chi connectivity index (χ1) is 11.4. The second-order valence-electron chi connectivity index (χ2n) is 5.32. The first-order valence-electron chi connectivity index (χ1n) is 7.47. The van der Waals surface area contributed by atoms with Gasteiger partial charge in [0.05, 0.1) is 17.7 Å². The molecule has 5 nitrogen and oxygen atoms in total. The third-order valence-electron chi connectivity index (χ3n) is 3.56. The summed E-state index contributed by atoms with van der Waals surface area (Å²) in [5, 5.41) is 7.99. The van der Waals surface area contributed by atoms with E-state index < -0.39 is 29.1 Å². The summed E-state index contributed by atoms with van der Waals surface area (Å²) in [6, 6.07) is 4.46. The van der Waals surface area contributed by atoms with E-state index in [4.69, 9.17) is 0 Å². The van der Waals surface area contributed by atoms with Crippen molar-refractivity contribution in [2.24, 2.45) is 0 Å². The van der Waals surface area contributed by atoms with Gasteiger partial charge in [0, 0.05) is 13.1 Å². The van der Waals surface area contributed by atoms with Gasteiger partial charge in [0.25, 0.3) is 5.91 Å². The van der Waals surface area contributed by atoms with Crippen LogP contribution in [0.1, 0.15) is 22.3 Å². The minimum atomic E-state index is -4.63. The summed E-state index contributed by atoms with van der Waals surface area (Å²) in [5.41, 5.74) is -0.447. The number of carbonyl (C=O) groups excluding carboxylic acids is 2. The van der Waals surface area contributed by atoms with E-state index in [0.717, 1.165) is 37.2 Å². The van der Waals surface area contributed by atoms with Crippen LogP contribution >= 0.6 is 12.4 Å². The highest BCUT2D eigenvalue weighted by atomic mass is 35.5. The van der Waals surface area contributed by atoms with Crippen LogP contribution in [0.25, 0.3) is 0 Å². The largest absolute Gasteiger partial charge is 0.417 e. The molecule has 0 radical (unpaired) electrons. The van der Waals surface area contributed by atoms with Gasteiger partial charge in [-0.25, -0.2) is 0 Å². The molecule has 0 aromatic heterocycles. The molecule has 138 valence electrons. The summed E-state index contributed by atoms with van der Waals surface area (Å²) in [6.07, 6.45) is -1.83. The van der Waals surface area contributed by atoms with Crippen LogP contribution < -0.4 is 16.0 Å². The lowest BCUT2D eigenvalue weighted by Gasteiger charge is -2.15. The summed E-state index contributed by atoms with van der Waals surface area (Å²) in [7, 11) is 0. The van der Waals surface area contributed by atoms with E-state index in [9.17, 15) is 22.8 Å². The Hall–Kier alpha value is -2.06. The third-order valence-corrected chi connectivity index (χ3v) is 3.56. The van der Waals surface area contributed by atoms with Crippen LogP contribution in [0.5, 0.6) is 0 Å². The smallest absolute Gasteiger partial charge is 0.351 e. The molecule has 3 N–H and O–H groups in total. The number of nitrogens with one attached hydrogen (secondary N) is 3. The fourth-order valence-electron chi connectivity index (χ4n) is 2.29. The Kier molecular flexibility index (Phi) is 7.92. The van der Waals surface area contributed by atoms with Crippen LogP contribution in [0.2, 0.25) is 0 Å². The predicted molar refractivity (Wildman–Crippen MR) is 89.6 cm³/mol. The molecule has 1 aliphatic heterocycles. The molecular weight excluding hydrogens is 359 g/mol. The highest BCUT2D eigenvalue weighted by molar-refractivity contribution is 5.97. The highest BCUT2D eigenvalue weighted by Crippen LogP contribution is 2.31. The molecule has 0 unspecified atom stereocenters. The van der Waals surface area contributed by atoms with Gasteiger partial charge in [0.1, 0.15) is 0 Å². The number of rotatable bonds is 5. The van der Waals surface area contributed by atoms with Crippen LogP contribution in [0, 0.1) is 0 Å². The maximum atomic E-state index is 12.9. The molecule has 1 aromatic rings. The summed E-state index contributed by atoms with van der Waals surface area (Å²) in [4.78, 5) is 23.6. The van der Waals surface area contributed by atoms with Crippen molar-refractivity contribution in [3.8, 4) is 0 Å². The van der Waals surface area contributed by atoms with Gasteiger partial charge in [-0.05, 0) is 25.1 Å². The highest BCUT2D eigenvalue weighted by Gasteiger charge is 2.34. The number of hydrogen-bond acceptors (Lipinski definition) is 3. The molecule has 0 atom stereocenters.